The SMILES string of the molecule is CSC1(CNC(=O)c2cccc3c2CCNC3)CCC1. The lowest BCUT2D eigenvalue weighted by Gasteiger charge is -2.40. The van der Waals surface area contributed by atoms with Gasteiger partial charge in [0.2, 0.25) is 0 Å². The highest BCUT2D eigenvalue weighted by molar-refractivity contribution is 8.00. The van der Waals surface area contributed by atoms with Gasteiger partial charge in [-0.05, 0) is 49.3 Å². The minimum absolute atomic E-state index is 0.101. The molecule has 0 spiro atoms. The van der Waals surface area contributed by atoms with Crippen molar-refractivity contribution in [2.24, 2.45) is 0 Å². The summed E-state index contributed by atoms with van der Waals surface area (Å²) >= 11 is 1.90. The van der Waals surface area contributed by atoms with Crippen molar-refractivity contribution >= 4 is 17.7 Å². The summed E-state index contributed by atoms with van der Waals surface area (Å²) in [4.78, 5) is 12.5. The Labute approximate surface area is 124 Å². The number of thioether (sulfide) groups is 1. The van der Waals surface area contributed by atoms with E-state index in [0.717, 1.165) is 31.6 Å². The van der Waals surface area contributed by atoms with Crippen molar-refractivity contribution in [1.82, 2.24) is 10.6 Å². The zero-order valence-electron chi connectivity index (χ0n) is 12.0. The van der Waals surface area contributed by atoms with E-state index in [1.165, 1.54) is 30.4 Å². The third-order valence-electron chi connectivity index (χ3n) is 4.65. The topological polar surface area (TPSA) is 41.1 Å². The molecule has 2 N–H and O–H groups in total. The first-order valence-corrected chi connectivity index (χ1v) is 8.61. The van der Waals surface area contributed by atoms with Crippen molar-refractivity contribution in [1.29, 1.82) is 0 Å². The Morgan fingerprint density at radius 2 is 2.30 bits per heavy atom. The maximum atomic E-state index is 12.5. The van der Waals surface area contributed by atoms with E-state index in [4.69, 9.17) is 0 Å². The standard InChI is InChI=1S/C16H22N2OS/c1-20-16(7-3-8-16)11-18-15(19)14-5-2-4-12-10-17-9-6-13(12)14/h2,4-5,17H,3,6-11H2,1H3,(H,18,19). The molecule has 1 heterocycles. The van der Waals surface area contributed by atoms with Gasteiger partial charge in [0.1, 0.15) is 0 Å². The Bertz CT molecular complexity index is 506. The summed E-state index contributed by atoms with van der Waals surface area (Å²) in [5, 5.41) is 6.52. The van der Waals surface area contributed by atoms with Gasteiger partial charge in [-0.3, -0.25) is 4.79 Å². The molecule has 0 aromatic heterocycles. The Morgan fingerprint density at radius 3 is 3.00 bits per heavy atom. The monoisotopic (exact) mass is 290 g/mol. The zero-order valence-corrected chi connectivity index (χ0v) is 12.8. The van der Waals surface area contributed by atoms with Gasteiger partial charge in [-0.25, -0.2) is 0 Å². The maximum absolute atomic E-state index is 12.5. The van der Waals surface area contributed by atoms with Gasteiger partial charge in [0.25, 0.3) is 5.91 Å². The van der Waals surface area contributed by atoms with E-state index in [1.807, 2.05) is 23.9 Å². The van der Waals surface area contributed by atoms with E-state index < -0.39 is 0 Å². The molecule has 0 radical (unpaired) electrons. The number of fused-ring (bicyclic) bond motifs is 1. The van der Waals surface area contributed by atoms with Crippen LogP contribution in [-0.4, -0.2) is 30.0 Å². The first-order valence-electron chi connectivity index (χ1n) is 7.39. The number of hydrogen-bond acceptors (Lipinski definition) is 3. The van der Waals surface area contributed by atoms with Crippen molar-refractivity contribution in [2.75, 3.05) is 19.3 Å². The molecule has 1 amide bonds. The van der Waals surface area contributed by atoms with Gasteiger partial charge in [0.15, 0.2) is 0 Å². The molecule has 3 nitrogen and oxygen atoms in total. The van der Waals surface area contributed by atoms with Crippen molar-refractivity contribution in [3.63, 3.8) is 0 Å². The van der Waals surface area contributed by atoms with Gasteiger partial charge in [-0.15, -0.1) is 0 Å². The highest BCUT2D eigenvalue weighted by atomic mass is 32.2. The Balaban J connectivity index is 1.71. The van der Waals surface area contributed by atoms with Crippen molar-refractivity contribution < 1.29 is 4.79 Å². The summed E-state index contributed by atoms with van der Waals surface area (Å²) < 4.78 is 0.298. The van der Waals surface area contributed by atoms with E-state index in [1.54, 1.807) is 0 Å². The van der Waals surface area contributed by atoms with Gasteiger partial charge in [-0.2, -0.15) is 11.8 Å². The van der Waals surface area contributed by atoms with Crippen LogP contribution in [0.15, 0.2) is 18.2 Å². The number of amides is 1. The average Bonchev–Trinajstić information content (AvgIpc) is 2.46. The lowest BCUT2D eigenvalue weighted by atomic mass is 9.84. The lowest BCUT2D eigenvalue weighted by molar-refractivity contribution is 0.0942. The van der Waals surface area contributed by atoms with Gasteiger partial charge >= 0.3 is 0 Å². The second-order valence-electron chi connectivity index (χ2n) is 5.79. The number of benzene rings is 1. The minimum atomic E-state index is 0.101. The van der Waals surface area contributed by atoms with E-state index in [2.05, 4.69) is 23.0 Å². The van der Waals surface area contributed by atoms with Gasteiger partial charge < -0.3 is 10.6 Å². The first kappa shape index (κ1) is 14.0. The third-order valence-corrected chi connectivity index (χ3v) is 6.07. The number of carbonyl (C=O) groups excluding carboxylic acids is 1. The van der Waals surface area contributed by atoms with E-state index in [-0.39, 0.29) is 5.91 Å². The first-order chi connectivity index (χ1) is 9.74. The third kappa shape index (κ3) is 2.59. The molecule has 0 bridgehead atoms. The van der Waals surface area contributed by atoms with E-state index in [9.17, 15) is 4.79 Å². The molecular weight excluding hydrogens is 268 g/mol. The summed E-state index contributed by atoms with van der Waals surface area (Å²) in [5.41, 5.74) is 3.38. The molecular formula is C16H22N2OS. The molecule has 1 aromatic carbocycles. The van der Waals surface area contributed by atoms with Crippen LogP contribution in [0.3, 0.4) is 0 Å². The van der Waals surface area contributed by atoms with Crippen LogP contribution >= 0.6 is 11.8 Å². The molecule has 1 aliphatic heterocycles. The predicted molar refractivity (Wildman–Crippen MR) is 84.3 cm³/mol. The molecule has 1 aliphatic carbocycles. The maximum Gasteiger partial charge on any atom is 0.251 e. The molecule has 0 atom stereocenters. The zero-order chi connectivity index (χ0) is 14.0. The van der Waals surface area contributed by atoms with Crippen LogP contribution in [0.25, 0.3) is 0 Å². The molecule has 1 aromatic rings. The van der Waals surface area contributed by atoms with Gasteiger partial charge in [0.05, 0.1) is 0 Å². The molecule has 4 heteroatoms. The van der Waals surface area contributed by atoms with Gasteiger partial charge in [-0.1, -0.05) is 18.6 Å². The van der Waals surface area contributed by atoms with Gasteiger partial charge in [0, 0.05) is 23.4 Å². The Hall–Kier alpha value is -1.00. The molecule has 20 heavy (non-hydrogen) atoms. The largest absolute Gasteiger partial charge is 0.351 e. The minimum Gasteiger partial charge on any atom is -0.351 e. The lowest BCUT2D eigenvalue weighted by Crippen LogP contribution is -2.45. The highest BCUT2D eigenvalue weighted by Crippen LogP contribution is 2.42. The summed E-state index contributed by atoms with van der Waals surface area (Å²) in [5.74, 6) is 0.101. The highest BCUT2D eigenvalue weighted by Gasteiger charge is 2.36. The van der Waals surface area contributed by atoms with Crippen LogP contribution in [0.4, 0.5) is 0 Å². The fraction of sp³-hybridized carbons (Fsp3) is 0.562. The Kier molecular flexibility index (Phi) is 4.03. The smallest absolute Gasteiger partial charge is 0.251 e. The quantitative estimate of drug-likeness (QED) is 0.894. The Morgan fingerprint density at radius 1 is 1.45 bits per heavy atom. The fourth-order valence-electron chi connectivity index (χ4n) is 3.11. The molecule has 2 aliphatic rings. The van der Waals surface area contributed by atoms with Crippen LogP contribution in [0, 0.1) is 0 Å². The van der Waals surface area contributed by atoms with E-state index in [0.29, 0.717) is 4.75 Å². The number of carbonyl (C=O) groups is 1. The molecule has 0 saturated heterocycles. The van der Waals surface area contributed by atoms with Crippen LogP contribution in [0.2, 0.25) is 0 Å². The van der Waals surface area contributed by atoms with Crippen molar-refractivity contribution in [3.05, 3.63) is 34.9 Å². The predicted octanol–water partition coefficient (Wildman–Crippen LogP) is 2.35. The van der Waals surface area contributed by atoms with Crippen LogP contribution in [0.5, 0.6) is 0 Å². The normalized spacial score (nSPS) is 19.9. The fourth-order valence-corrected chi connectivity index (χ4v) is 4.02. The average molecular weight is 290 g/mol. The second-order valence-corrected chi connectivity index (χ2v) is 7.07. The number of hydrogen-bond donors (Lipinski definition) is 2. The second kappa shape index (κ2) is 5.78. The number of nitrogens with one attached hydrogen (secondary N) is 2. The summed E-state index contributed by atoms with van der Waals surface area (Å²) in [6.07, 6.45) is 6.85. The van der Waals surface area contributed by atoms with Crippen LogP contribution < -0.4 is 10.6 Å². The van der Waals surface area contributed by atoms with Crippen molar-refractivity contribution in [3.8, 4) is 0 Å². The molecule has 3 rings (SSSR count). The summed E-state index contributed by atoms with van der Waals surface area (Å²) in [6, 6.07) is 6.08. The summed E-state index contributed by atoms with van der Waals surface area (Å²) in [6.45, 7) is 2.65. The summed E-state index contributed by atoms with van der Waals surface area (Å²) in [7, 11) is 0. The van der Waals surface area contributed by atoms with Crippen molar-refractivity contribution in [2.45, 2.75) is 37.0 Å². The van der Waals surface area contributed by atoms with E-state index >= 15 is 0 Å². The van der Waals surface area contributed by atoms with Crippen LogP contribution in [-0.2, 0) is 13.0 Å². The molecule has 108 valence electrons. The molecule has 1 saturated carbocycles. The van der Waals surface area contributed by atoms with Crippen LogP contribution in [0.1, 0.15) is 40.7 Å². The number of rotatable bonds is 4. The molecule has 1 fully saturated rings. The molecule has 0 unspecified atom stereocenters.